The van der Waals surface area contributed by atoms with Gasteiger partial charge in [0.1, 0.15) is 5.69 Å². The first-order valence-corrected chi connectivity index (χ1v) is 8.27. The zero-order valence-corrected chi connectivity index (χ0v) is 14.6. The number of aliphatic hydroxyl groups excluding tert-OH is 1. The number of rotatable bonds is 3. The number of hydrogen-bond acceptors (Lipinski definition) is 5. The molecule has 1 aromatic heterocycles. The molecule has 0 saturated carbocycles. The Hall–Kier alpha value is -2.67. The van der Waals surface area contributed by atoms with Gasteiger partial charge in [0.25, 0.3) is 11.5 Å². The van der Waals surface area contributed by atoms with E-state index in [-0.39, 0.29) is 17.2 Å². The molecule has 7 heteroatoms. The number of amides is 1. The fourth-order valence-electron chi connectivity index (χ4n) is 2.75. The Morgan fingerprint density at radius 3 is 2.68 bits per heavy atom. The van der Waals surface area contributed by atoms with Crippen molar-refractivity contribution in [2.45, 2.75) is 46.1 Å². The molecule has 0 fully saturated rings. The van der Waals surface area contributed by atoms with Gasteiger partial charge >= 0.3 is 0 Å². The van der Waals surface area contributed by atoms with E-state index in [1.54, 1.807) is 19.1 Å². The molecule has 7 nitrogen and oxygen atoms in total. The summed E-state index contributed by atoms with van der Waals surface area (Å²) in [6, 6.07) is 3.31. The maximum atomic E-state index is 12.3. The van der Waals surface area contributed by atoms with Crippen LogP contribution in [0.25, 0.3) is 11.0 Å². The maximum absolute atomic E-state index is 12.3. The van der Waals surface area contributed by atoms with E-state index >= 15 is 0 Å². The first kappa shape index (κ1) is 17.2. The molecule has 3 rings (SSSR count). The van der Waals surface area contributed by atoms with Gasteiger partial charge in [-0.2, -0.15) is 0 Å². The second kappa shape index (κ2) is 6.33. The van der Waals surface area contributed by atoms with E-state index in [4.69, 9.17) is 4.74 Å². The Bertz CT molecular complexity index is 943. The van der Waals surface area contributed by atoms with Crippen molar-refractivity contribution in [2.75, 3.05) is 5.32 Å². The van der Waals surface area contributed by atoms with Crippen LogP contribution in [-0.4, -0.2) is 27.1 Å². The zero-order valence-electron chi connectivity index (χ0n) is 14.6. The summed E-state index contributed by atoms with van der Waals surface area (Å²) in [7, 11) is 0. The summed E-state index contributed by atoms with van der Waals surface area (Å²) in [5.74, 6) is 0.0851. The van der Waals surface area contributed by atoms with E-state index in [0.717, 1.165) is 0 Å². The number of carbonyl (C=O) groups excluding carboxylic acids is 1. The molecule has 0 spiro atoms. The molecule has 1 atom stereocenters. The predicted molar refractivity (Wildman–Crippen MR) is 94.7 cm³/mol. The number of ether oxygens (including phenoxy) is 1. The van der Waals surface area contributed by atoms with Gasteiger partial charge in [-0.25, -0.2) is 4.98 Å². The number of benzene rings is 1. The number of H-pyrrole nitrogens is 1. The molecule has 3 N–H and O–H groups in total. The minimum absolute atomic E-state index is 0.0118. The first-order valence-electron chi connectivity index (χ1n) is 8.27. The molecule has 0 radical (unpaired) electrons. The fourth-order valence-corrected chi connectivity index (χ4v) is 2.75. The van der Waals surface area contributed by atoms with Crippen molar-refractivity contribution >= 4 is 22.6 Å². The average molecular weight is 343 g/mol. The van der Waals surface area contributed by atoms with Crippen LogP contribution in [0.3, 0.4) is 0 Å². The topological polar surface area (TPSA) is 104 Å². The van der Waals surface area contributed by atoms with Crippen molar-refractivity contribution in [3.05, 3.63) is 39.5 Å². The van der Waals surface area contributed by atoms with Gasteiger partial charge in [0, 0.05) is 17.6 Å². The van der Waals surface area contributed by atoms with Crippen molar-refractivity contribution < 1.29 is 14.6 Å². The largest absolute Gasteiger partial charge is 0.449 e. The summed E-state index contributed by atoms with van der Waals surface area (Å²) < 4.78 is 5.74. The molecule has 1 aromatic carbocycles. The lowest BCUT2D eigenvalue weighted by Crippen LogP contribution is -2.27. The Balaban J connectivity index is 2.13. The average Bonchev–Trinajstić information content (AvgIpc) is 2.57. The van der Waals surface area contributed by atoms with Crippen LogP contribution >= 0.6 is 0 Å². The Kier molecular flexibility index (Phi) is 4.34. The number of aliphatic hydroxyl groups is 1. The van der Waals surface area contributed by atoms with E-state index in [1.807, 2.05) is 20.8 Å². The van der Waals surface area contributed by atoms with Crippen LogP contribution in [0.4, 0.5) is 5.69 Å². The minimum atomic E-state index is -0.746. The van der Waals surface area contributed by atoms with E-state index < -0.39 is 12.0 Å². The van der Waals surface area contributed by atoms with Crippen molar-refractivity contribution in [3.8, 4) is 5.75 Å². The molecule has 1 unspecified atom stereocenters. The van der Waals surface area contributed by atoms with Crippen LogP contribution in [-0.2, 0) is 4.79 Å². The lowest BCUT2D eigenvalue weighted by atomic mass is 10.1. The number of nitrogens with zero attached hydrogens (tertiary/aromatic N) is 1. The molecular formula is C18H21N3O4. The number of aromatic nitrogens is 2. The molecule has 0 aliphatic carbocycles. The SMILES string of the molecule is CCC(O)/C(C)=C1/Oc2cc3nc(C(C)C)c(=O)[nH]c3cc2NC1=O. The molecule has 25 heavy (non-hydrogen) atoms. The number of carbonyl (C=O) groups is 1. The zero-order chi connectivity index (χ0) is 18.3. The van der Waals surface area contributed by atoms with Crippen LogP contribution in [0, 0.1) is 0 Å². The monoisotopic (exact) mass is 343 g/mol. The molecule has 1 aliphatic rings. The number of anilines is 1. The van der Waals surface area contributed by atoms with Crippen molar-refractivity contribution in [3.63, 3.8) is 0 Å². The van der Waals surface area contributed by atoms with Crippen LogP contribution in [0.5, 0.6) is 5.75 Å². The quantitative estimate of drug-likeness (QED) is 0.743. The standard InChI is InChI=1S/C18H21N3O4/c1-5-13(22)9(4)16-18(24)21-12-6-10-11(7-14(12)25-16)19-15(8(2)3)17(23)20-10/h6-8,13,22H,5H2,1-4H3,(H,20,23)(H,21,24)/b16-9+. The number of aromatic amines is 1. The Morgan fingerprint density at radius 2 is 2.04 bits per heavy atom. The molecule has 2 aromatic rings. The van der Waals surface area contributed by atoms with Gasteiger partial charge in [0.05, 0.1) is 22.8 Å². The van der Waals surface area contributed by atoms with Gasteiger partial charge in [-0.3, -0.25) is 9.59 Å². The summed E-state index contributed by atoms with van der Waals surface area (Å²) in [4.78, 5) is 31.6. The summed E-state index contributed by atoms with van der Waals surface area (Å²) in [6.45, 7) is 7.29. The highest BCUT2D eigenvalue weighted by atomic mass is 16.5. The maximum Gasteiger partial charge on any atom is 0.291 e. The van der Waals surface area contributed by atoms with Gasteiger partial charge in [0.15, 0.2) is 11.5 Å². The van der Waals surface area contributed by atoms with Crippen molar-refractivity contribution in [1.82, 2.24) is 9.97 Å². The third-order valence-corrected chi connectivity index (χ3v) is 4.28. The Morgan fingerprint density at radius 1 is 1.32 bits per heavy atom. The molecule has 2 heterocycles. The van der Waals surface area contributed by atoms with Crippen molar-refractivity contribution in [1.29, 1.82) is 0 Å². The normalized spacial score (nSPS) is 17.1. The highest BCUT2D eigenvalue weighted by molar-refractivity contribution is 6.07. The lowest BCUT2D eigenvalue weighted by molar-refractivity contribution is -0.115. The third kappa shape index (κ3) is 3.02. The van der Waals surface area contributed by atoms with Crippen molar-refractivity contribution in [2.24, 2.45) is 0 Å². The summed E-state index contributed by atoms with van der Waals surface area (Å²) in [5.41, 5.74) is 2.23. The minimum Gasteiger partial charge on any atom is -0.449 e. The van der Waals surface area contributed by atoms with E-state index in [1.165, 1.54) is 0 Å². The van der Waals surface area contributed by atoms with Gasteiger partial charge in [-0.15, -0.1) is 0 Å². The molecule has 0 bridgehead atoms. The second-order valence-electron chi connectivity index (χ2n) is 6.46. The van der Waals surface area contributed by atoms with Gasteiger partial charge in [-0.05, 0) is 19.4 Å². The number of hydrogen-bond donors (Lipinski definition) is 3. The van der Waals surface area contributed by atoms with E-state index in [0.29, 0.717) is 40.2 Å². The van der Waals surface area contributed by atoms with Gasteiger partial charge in [-0.1, -0.05) is 20.8 Å². The lowest BCUT2D eigenvalue weighted by Gasteiger charge is -2.23. The highest BCUT2D eigenvalue weighted by Crippen LogP contribution is 2.35. The molecule has 0 saturated heterocycles. The smallest absolute Gasteiger partial charge is 0.291 e. The molecule has 1 aliphatic heterocycles. The van der Waals surface area contributed by atoms with Crippen LogP contribution in [0.15, 0.2) is 28.3 Å². The predicted octanol–water partition coefficient (Wildman–Crippen LogP) is 2.42. The first-order chi connectivity index (χ1) is 11.8. The molecule has 1 amide bonds. The van der Waals surface area contributed by atoms with Crippen LogP contribution in [0.1, 0.15) is 45.7 Å². The fraction of sp³-hybridized carbons (Fsp3) is 0.389. The van der Waals surface area contributed by atoms with Gasteiger partial charge < -0.3 is 20.1 Å². The molecule has 132 valence electrons. The third-order valence-electron chi connectivity index (χ3n) is 4.28. The van der Waals surface area contributed by atoms with E-state index in [2.05, 4.69) is 15.3 Å². The summed E-state index contributed by atoms with van der Waals surface area (Å²) in [6.07, 6.45) is -0.262. The van der Waals surface area contributed by atoms with Crippen LogP contribution in [0.2, 0.25) is 0 Å². The summed E-state index contributed by atoms with van der Waals surface area (Å²) in [5, 5.41) is 12.7. The highest BCUT2D eigenvalue weighted by Gasteiger charge is 2.27. The number of fused-ring (bicyclic) bond motifs is 2. The van der Waals surface area contributed by atoms with E-state index in [9.17, 15) is 14.7 Å². The Labute approximate surface area is 144 Å². The summed E-state index contributed by atoms with van der Waals surface area (Å²) >= 11 is 0. The second-order valence-corrected chi connectivity index (χ2v) is 6.46. The van der Waals surface area contributed by atoms with Crippen LogP contribution < -0.4 is 15.6 Å². The number of nitrogens with one attached hydrogen (secondary N) is 2. The molecular weight excluding hydrogens is 322 g/mol. The van der Waals surface area contributed by atoms with Gasteiger partial charge in [0.2, 0.25) is 0 Å².